The Balaban J connectivity index is 1.69. The molecule has 7 heteroatoms. The van der Waals surface area contributed by atoms with Crippen LogP contribution in [-0.4, -0.2) is 51.3 Å². The van der Waals surface area contributed by atoms with Crippen LogP contribution in [0.5, 0.6) is 11.5 Å². The van der Waals surface area contributed by atoms with Crippen LogP contribution in [0.2, 0.25) is 0 Å². The molecule has 3 heterocycles. The number of nitrogens with zero attached hydrogens (tertiary/aromatic N) is 1. The molecule has 1 unspecified atom stereocenters. The van der Waals surface area contributed by atoms with Crippen LogP contribution in [0.15, 0.2) is 29.1 Å². The van der Waals surface area contributed by atoms with Crippen LogP contribution in [0.25, 0.3) is 11.3 Å². The van der Waals surface area contributed by atoms with Crippen LogP contribution in [0, 0.1) is 0 Å². The van der Waals surface area contributed by atoms with Crippen molar-refractivity contribution < 1.29 is 18.9 Å². The van der Waals surface area contributed by atoms with Crippen molar-refractivity contribution in [3.63, 3.8) is 0 Å². The highest BCUT2D eigenvalue weighted by atomic mass is 16.6. The minimum atomic E-state index is -0.0350. The number of methoxy groups -OCH3 is 2. The van der Waals surface area contributed by atoms with Crippen molar-refractivity contribution in [3.8, 4) is 22.8 Å². The van der Waals surface area contributed by atoms with E-state index >= 15 is 0 Å². The molecule has 0 bridgehead atoms. The van der Waals surface area contributed by atoms with Gasteiger partial charge in [0.05, 0.1) is 45.8 Å². The number of hydrogen-bond donors (Lipinski definition) is 1. The molecule has 1 N–H and O–H groups in total. The molecule has 0 radical (unpaired) electrons. The third kappa shape index (κ3) is 3.40. The minimum absolute atomic E-state index is 0.00876. The number of fused-ring (bicyclic) bond motifs is 3. The van der Waals surface area contributed by atoms with E-state index in [2.05, 4.69) is 9.88 Å². The largest absolute Gasteiger partial charge is 0.493 e. The van der Waals surface area contributed by atoms with Gasteiger partial charge >= 0.3 is 0 Å². The third-order valence-corrected chi connectivity index (χ3v) is 5.05. The predicted octanol–water partition coefficient (Wildman–Crippen LogP) is 1.92. The Labute approximate surface area is 157 Å². The average molecular weight is 372 g/mol. The van der Waals surface area contributed by atoms with E-state index in [1.165, 1.54) is 0 Å². The van der Waals surface area contributed by atoms with Crippen molar-refractivity contribution in [3.05, 3.63) is 40.1 Å². The van der Waals surface area contributed by atoms with Crippen molar-refractivity contribution >= 4 is 5.82 Å². The summed E-state index contributed by atoms with van der Waals surface area (Å²) in [6.45, 7) is 3.15. The van der Waals surface area contributed by atoms with Crippen LogP contribution >= 0.6 is 0 Å². The minimum Gasteiger partial charge on any atom is -0.493 e. The fraction of sp³-hybridized carbons (Fsp3) is 0.450. The molecule has 7 nitrogen and oxygen atoms in total. The van der Waals surface area contributed by atoms with Gasteiger partial charge in [0, 0.05) is 36.3 Å². The molecule has 1 atom stereocenters. The maximum atomic E-state index is 12.3. The van der Waals surface area contributed by atoms with Gasteiger partial charge in [-0.2, -0.15) is 0 Å². The van der Waals surface area contributed by atoms with Gasteiger partial charge in [0.15, 0.2) is 16.9 Å². The number of hydrogen-bond acceptors (Lipinski definition) is 6. The Bertz CT molecular complexity index is 887. The Hall–Kier alpha value is -2.51. The number of nitrogens with one attached hydrogen (secondary N) is 1. The van der Waals surface area contributed by atoms with E-state index in [0.29, 0.717) is 32.1 Å². The standard InChI is InChI=1S/C20H24N2O5/c1-24-18-4-3-15-16(20(18)25-2)5-6-22-17(15)9-13(23)10-19(22)21-11-14-12-26-7-8-27-14/h3-4,9-10,14,21H,5-8,11-12H2,1-2H3. The maximum absolute atomic E-state index is 12.3. The molecular weight excluding hydrogens is 348 g/mol. The van der Waals surface area contributed by atoms with E-state index in [1.54, 1.807) is 26.4 Å². The average Bonchev–Trinajstić information content (AvgIpc) is 2.71. The first-order valence-electron chi connectivity index (χ1n) is 9.13. The maximum Gasteiger partial charge on any atom is 0.184 e. The molecule has 0 spiro atoms. The molecule has 1 aromatic carbocycles. The Morgan fingerprint density at radius 3 is 2.85 bits per heavy atom. The van der Waals surface area contributed by atoms with E-state index in [-0.39, 0.29) is 11.5 Å². The summed E-state index contributed by atoms with van der Waals surface area (Å²) < 4.78 is 24.3. The summed E-state index contributed by atoms with van der Waals surface area (Å²) >= 11 is 0. The second kappa shape index (κ2) is 7.62. The molecular formula is C20H24N2O5. The molecule has 2 aliphatic heterocycles. The molecule has 0 aliphatic carbocycles. The van der Waals surface area contributed by atoms with Crippen LogP contribution in [-0.2, 0) is 22.4 Å². The normalized spacial score (nSPS) is 18.4. The SMILES string of the molecule is COc1ccc2c(c1OC)CCn1c(NCC3COCCO3)cc(=O)cc1-2. The molecule has 0 amide bonds. The van der Waals surface area contributed by atoms with Gasteiger partial charge in [-0.1, -0.05) is 0 Å². The van der Waals surface area contributed by atoms with Crippen molar-refractivity contribution in [2.75, 3.05) is 45.9 Å². The first kappa shape index (κ1) is 17.9. The molecule has 4 rings (SSSR count). The van der Waals surface area contributed by atoms with Crippen LogP contribution in [0.4, 0.5) is 5.82 Å². The highest BCUT2D eigenvalue weighted by Crippen LogP contribution is 2.41. The summed E-state index contributed by atoms with van der Waals surface area (Å²) in [6.07, 6.45) is 0.786. The van der Waals surface area contributed by atoms with Crippen LogP contribution in [0.1, 0.15) is 5.56 Å². The van der Waals surface area contributed by atoms with E-state index in [4.69, 9.17) is 18.9 Å². The monoisotopic (exact) mass is 372 g/mol. The number of rotatable bonds is 5. The first-order chi connectivity index (χ1) is 13.2. The molecule has 1 aromatic heterocycles. The quantitative estimate of drug-likeness (QED) is 0.865. The number of pyridine rings is 1. The lowest BCUT2D eigenvalue weighted by Gasteiger charge is -2.29. The lowest BCUT2D eigenvalue weighted by molar-refractivity contribution is -0.0819. The highest BCUT2D eigenvalue weighted by molar-refractivity contribution is 5.73. The lowest BCUT2D eigenvalue weighted by atomic mass is 9.95. The van der Waals surface area contributed by atoms with Crippen LogP contribution < -0.4 is 20.2 Å². The van der Waals surface area contributed by atoms with Gasteiger partial charge in [-0.05, 0) is 18.6 Å². The number of anilines is 1. The molecule has 1 fully saturated rings. The van der Waals surface area contributed by atoms with Crippen molar-refractivity contribution in [2.24, 2.45) is 0 Å². The first-order valence-corrected chi connectivity index (χ1v) is 9.13. The summed E-state index contributed by atoms with van der Waals surface area (Å²) in [5, 5.41) is 3.37. The molecule has 27 heavy (non-hydrogen) atoms. The summed E-state index contributed by atoms with van der Waals surface area (Å²) in [4.78, 5) is 12.3. The lowest BCUT2D eigenvalue weighted by Crippen LogP contribution is -2.35. The Morgan fingerprint density at radius 2 is 2.11 bits per heavy atom. The summed E-state index contributed by atoms with van der Waals surface area (Å²) in [7, 11) is 3.27. The Kier molecular flexibility index (Phi) is 5.05. The van der Waals surface area contributed by atoms with E-state index < -0.39 is 0 Å². The van der Waals surface area contributed by atoms with Crippen molar-refractivity contribution in [1.29, 1.82) is 0 Å². The zero-order chi connectivity index (χ0) is 18.8. The topological polar surface area (TPSA) is 71.0 Å². The second-order valence-electron chi connectivity index (χ2n) is 6.64. The van der Waals surface area contributed by atoms with Crippen LogP contribution in [0.3, 0.4) is 0 Å². The summed E-state index contributed by atoms with van der Waals surface area (Å²) in [5.41, 5.74) is 2.91. The van der Waals surface area contributed by atoms with Gasteiger partial charge in [-0.15, -0.1) is 0 Å². The van der Waals surface area contributed by atoms with Gasteiger partial charge < -0.3 is 28.8 Å². The number of aromatic nitrogens is 1. The number of benzene rings is 1. The van der Waals surface area contributed by atoms with Gasteiger partial charge in [0.1, 0.15) is 5.82 Å². The second-order valence-corrected chi connectivity index (χ2v) is 6.64. The predicted molar refractivity (Wildman–Crippen MR) is 102 cm³/mol. The van der Waals surface area contributed by atoms with Gasteiger partial charge in [0.2, 0.25) is 0 Å². The molecule has 2 aromatic rings. The number of ether oxygens (including phenoxy) is 4. The summed E-state index contributed by atoms with van der Waals surface area (Å²) in [5.74, 6) is 2.24. The third-order valence-electron chi connectivity index (χ3n) is 5.05. The zero-order valence-electron chi connectivity index (χ0n) is 15.6. The molecule has 1 saturated heterocycles. The molecule has 144 valence electrons. The molecule has 0 saturated carbocycles. The summed E-state index contributed by atoms with van der Waals surface area (Å²) in [6, 6.07) is 7.18. The van der Waals surface area contributed by atoms with Crippen molar-refractivity contribution in [2.45, 2.75) is 19.1 Å². The highest BCUT2D eigenvalue weighted by Gasteiger charge is 2.24. The van der Waals surface area contributed by atoms with Gasteiger partial charge in [-0.3, -0.25) is 4.79 Å². The van der Waals surface area contributed by atoms with E-state index in [0.717, 1.165) is 41.4 Å². The zero-order valence-corrected chi connectivity index (χ0v) is 15.6. The van der Waals surface area contributed by atoms with Gasteiger partial charge in [-0.25, -0.2) is 0 Å². The smallest absolute Gasteiger partial charge is 0.184 e. The fourth-order valence-electron chi connectivity index (χ4n) is 3.78. The van der Waals surface area contributed by atoms with E-state index in [1.807, 2.05) is 12.1 Å². The van der Waals surface area contributed by atoms with Gasteiger partial charge in [0.25, 0.3) is 0 Å². The van der Waals surface area contributed by atoms with E-state index in [9.17, 15) is 4.79 Å². The molecule has 2 aliphatic rings. The van der Waals surface area contributed by atoms with Crippen molar-refractivity contribution in [1.82, 2.24) is 4.57 Å². The Morgan fingerprint density at radius 1 is 1.22 bits per heavy atom. The fourth-order valence-corrected chi connectivity index (χ4v) is 3.78.